The number of carbonyl (C=O) groups is 1. The molecule has 1 amide bonds. The average Bonchev–Trinajstić information content (AvgIpc) is 2.16. The van der Waals surface area contributed by atoms with Crippen LogP contribution in [0.5, 0.6) is 0 Å². The van der Waals surface area contributed by atoms with Gasteiger partial charge in [0.25, 0.3) is 0 Å². The van der Waals surface area contributed by atoms with E-state index in [-0.39, 0.29) is 5.92 Å². The molecule has 0 unspecified atom stereocenters. The van der Waals surface area contributed by atoms with Crippen LogP contribution in [0, 0.1) is 17.8 Å². The standard InChI is InChI=1S/C11H18N2O2/c1-15-10-7-2-8(10)6-13(5-7)11(14)9-3-12-4-9/h7-10,12H,2-6H2,1H3/t7-,8-/m0/s1. The molecule has 3 heterocycles. The molecule has 0 radical (unpaired) electrons. The van der Waals surface area contributed by atoms with Crippen LogP contribution in [0.25, 0.3) is 0 Å². The smallest absolute Gasteiger partial charge is 0.228 e. The van der Waals surface area contributed by atoms with E-state index in [9.17, 15) is 4.79 Å². The Balaban J connectivity index is 1.59. The van der Waals surface area contributed by atoms with Gasteiger partial charge in [-0.2, -0.15) is 0 Å². The van der Waals surface area contributed by atoms with Crippen LogP contribution >= 0.6 is 0 Å². The van der Waals surface area contributed by atoms with Crippen molar-refractivity contribution in [3.8, 4) is 0 Å². The van der Waals surface area contributed by atoms with Crippen LogP contribution in [-0.2, 0) is 9.53 Å². The maximum atomic E-state index is 12.0. The lowest BCUT2D eigenvalue weighted by Crippen LogP contribution is -2.63. The highest BCUT2D eigenvalue weighted by Gasteiger charge is 2.49. The Morgan fingerprint density at radius 2 is 2.00 bits per heavy atom. The molecule has 84 valence electrons. The number of fused-ring (bicyclic) bond motifs is 2. The molecule has 4 aliphatic rings. The second-order valence-electron chi connectivity index (χ2n) is 5.05. The van der Waals surface area contributed by atoms with Gasteiger partial charge in [0.15, 0.2) is 0 Å². The molecule has 1 aliphatic carbocycles. The third-order valence-electron chi connectivity index (χ3n) is 4.16. The van der Waals surface area contributed by atoms with Crippen LogP contribution in [0.3, 0.4) is 0 Å². The van der Waals surface area contributed by atoms with Gasteiger partial charge in [0, 0.05) is 45.1 Å². The predicted octanol–water partition coefficient (Wildman–Crippen LogP) is -0.301. The van der Waals surface area contributed by atoms with E-state index in [2.05, 4.69) is 10.2 Å². The Bertz CT molecular complexity index is 266. The van der Waals surface area contributed by atoms with Crippen molar-refractivity contribution >= 4 is 5.91 Å². The molecule has 1 N–H and O–H groups in total. The number of carbonyl (C=O) groups excluding carboxylic acids is 1. The number of piperidine rings is 2. The molecule has 4 heteroatoms. The highest BCUT2D eigenvalue weighted by Crippen LogP contribution is 2.42. The summed E-state index contributed by atoms with van der Waals surface area (Å²) in [5, 5.41) is 3.15. The molecule has 0 aromatic heterocycles. The molecule has 0 aromatic carbocycles. The van der Waals surface area contributed by atoms with Gasteiger partial charge in [-0.3, -0.25) is 4.79 Å². The maximum Gasteiger partial charge on any atom is 0.228 e. The first kappa shape index (κ1) is 9.60. The monoisotopic (exact) mass is 210 g/mol. The zero-order chi connectivity index (χ0) is 10.4. The van der Waals surface area contributed by atoms with Gasteiger partial charge in [0.2, 0.25) is 5.91 Å². The molecule has 4 fully saturated rings. The number of hydrogen-bond acceptors (Lipinski definition) is 3. The first-order valence-electron chi connectivity index (χ1n) is 5.82. The Hall–Kier alpha value is -0.610. The summed E-state index contributed by atoms with van der Waals surface area (Å²) in [6.45, 7) is 3.59. The number of amides is 1. The minimum Gasteiger partial charge on any atom is -0.381 e. The largest absolute Gasteiger partial charge is 0.381 e. The van der Waals surface area contributed by atoms with E-state index in [1.165, 1.54) is 6.42 Å². The van der Waals surface area contributed by atoms with Gasteiger partial charge in [-0.25, -0.2) is 0 Å². The van der Waals surface area contributed by atoms with Crippen molar-refractivity contribution in [1.82, 2.24) is 10.2 Å². The molecule has 0 aromatic rings. The number of hydrogen-bond donors (Lipinski definition) is 1. The molecule has 3 saturated heterocycles. The highest BCUT2D eigenvalue weighted by molar-refractivity contribution is 5.80. The lowest BCUT2D eigenvalue weighted by molar-refractivity contribution is -0.160. The summed E-state index contributed by atoms with van der Waals surface area (Å²) in [7, 11) is 1.79. The summed E-state index contributed by atoms with van der Waals surface area (Å²) in [6.07, 6.45) is 1.68. The van der Waals surface area contributed by atoms with Crippen molar-refractivity contribution in [2.75, 3.05) is 33.3 Å². The number of methoxy groups -OCH3 is 1. The zero-order valence-electron chi connectivity index (χ0n) is 9.11. The molecule has 3 aliphatic heterocycles. The van der Waals surface area contributed by atoms with Crippen LogP contribution in [0.4, 0.5) is 0 Å². The molecule has 0 spiro atoms. The normalized spacial score (nSPS) is 39.5. The van der Waals surface area contributed by atoms with Gasteiger partial charge in [-0.15, -0.1) is 0 Å². The third-order valence-corrected chi connectivity index (χ3v) is 4.16. The van der Waals surface area contributed by atoms with Gasteiger partial charge in [-0.05, 0) is 6.42 Å². The fourth-order valence-electron chi connectivity index (χ4n) is 3.13. The SMILES string of the molecule is COC1[C@H]2C[C@H]1CN(C(=O)C1CNC1)C2. The molecule has 2 atom stereocenters. The second kappa shape index (κ2) is 3.46. The summed E-state index contributed by atoms with van der Waals surface area (Å²) in [5.74, 6) is 1.82. The van der Waals surface area contributed by atoms with Gasteiger partial charge < -0.3 is 15.0 Å². The van der Waals surface area contributed by atoms with E-state index in [0.29, 0.717) is 23.8 Å². The van der Waals surface area contributed by atoms with Gasteiger partial charge in [0.05, 0.1) is 12.0 Å². The second-order valence-corrected chi connectivity index (χ2v) is 5.05. The minimum absolute atomic E-state index is 0.253. The van der Waals surface area contributed by atoms with Crippen molar-refractivity contribution in [2.45, 2.75) is 12.5 Å². The molecule has 1 saturated carbocycles. The zero-order valence-corrected chi connectivity index (χ0v) is 9.11. The van der Waals surface area contributed by atoms with Gasteiger partial charge in [0.1, 0.15) is 0 Å². The number of ether oxygens (including phenoxy) is 1. The number of nitrogens with zero attached hydrogens (tertiary/aromatic N) is 1. The highest BCUT2D eigenvalue weighted by atomic mass is 16.5. The summed E-state index contributed by atoms with van der Waals surface area (Å²) in [5.41, 5.74) is 0. The van der Waals surface area contributed by atoms with Crippen LogP contribution < -0.4 is 5.32 Å². The molecule has 2 bridgehead atoms. The minimum atomic E-state index is 0.253. The Labute approximate surface area is 90.0 Å². The first-order valence-corrected chi connectivity index (χ1v) is 5.82. The number of nitrogens with one attached hydrogen (secondary N) is 1. The molecular weight excluding hydrogens is 192 g/mol. The van der Waals surface area contributed by atoms with E-state index in [1.54, 1.807) is 7.11 Å². The fourth-order valence-corrected chi connectivity index (χ4v) is 3.13. The number of rotatable bonds is 2. The van der Waals surface area contributed by atoms with Crippen LogP contribution in [0.2, 0.25) is 0 Å². The summed E-state index contributed by atoms with van der Waals surface area (Å²) in [6, 6.07) is 0. The average molecular weight is 210 g/mol. The molecule has 4 rings (SSSR count). The Morgan fingerprint density at radius 3 is 2.47 bits per heavy atom. The molecule has 4 nitrogen and oxygen atoms in total. The summed E-state index contributed by atoms with van der Waals surface area (Å²) >= 11 is 0. The van der Waals surface area contributed by atoms with Crippen LogP contribution in [-0.4, -0.2) is 50.2 Å². The quantitative estimate of drug-likeness (QED) is 0.680. The fraction of sp³-hybridized carbons (Fsp3) is 0.909. The van der Waals surface area contributed by atoms with Crippen molar-refractivity contribution in [2.24, 2.45) is 17.8 Å². The van der Waals surface area contributed by atoms with Crippen molar-refractivity contribution in [1.29, 1.82) is 0 Å². The van der Waals surface area contributed by atoms with Crippen molar-refractivity contribution in [3.63, 3.8) is 0 Å². The molecule has 15 heavy (non-hydrogen) atoms. The van der Waals surface area contributed by atoms with Gasteiger partial charge >= 0.3 is 0 Å². The lowest BCUT2D eigenvalue weighted by Gasteiger charge is -2.53. The van der Waals surface area contributed by atoms with Crippen molar-refractivity contribution in [3.05, 3.63) is 0 Å². The maximum absolute atomic E-state index is 12.0. The lowest BCUT2D eigenvalue weighted by atomic mass is 9.68. The summed E-state index contributed by atoms with van der Waals surface area (Å²) < 4.78 is 5.43. The summed E-state index contributed by atoms with van der Waals surface area (Å²) in [4.78, 5) is 14.0. The Morgan fingerprint density at radius 1 is 1.33 bits per heavy atom. The van der Waals surface area contributed by atoms with E-state index >= 15 is 0 Å². The predicted molar refractivity (Wildman–Crippen MR) is 55.3 cm³/mol. The Kier molecular flexibility index (Phi) is 2.21. The third kappa shape index (κ3) is 1.39. The van der Waals surface area contributed by atoms with E-state index in [1.807, 2.05) is 0 Å². The molecular formula is C11H18N2O2. The van der Waals surface area contributed by atoms with E-state index in [4.69, 9.17) is 4.74 Å². The van der Waals surface area contributed by atoms with Crippen LogP contribution in [0.15, 0.2) is 0 Å². The first-order chi connectivity index (χ1) is 7.29. The van der Waals surface area contributed by atoms with Crippen molar-refractivity contribution < 1.29 is 9.53 Å². The van der Waals surface area contributed by atoms with Gasteiger partial charge in [-0.1, -0.05) is 0 Å². The van der Waals surface area contributed by atoms with E-state index < -0.39 is 0 Å². The van der Waals surface area contributed by atoms with E-state index in [0.717, 1.165) is 26.2 Å². The topological polar surface area (TPSA) is 41.6 Å². The van der Waals surface area contributed by atoms with Crippen LogP contribution in [0.1, 0.15) is 6.42 Å².